The van der Waals surface area contributed by atoms with Crippen molar-refractivity contribution in [2.75, 3.05) is 0 Å². The van der Waals surface area contributed by atoms with Crippen LogP contribution < -0.4 is 0 Å². The van der Waals surface area contributed by atoms with Gasteiger partial charge in [-0.15, -0.1) is 0 Å². The topological polar surface area (TPSA) is 17.8 Å². The normalized spacial score (nSPS) is 10.8. The third kappa shape index (κ3) is 2.08. The summed E-state index contributed by atoms with van der Waals surface area (Å²) in [4.78, 5) is 0. The fourth-order valence-electron chi connectivity index (χ4n) is 1.49. The molecule has 0 atom stereocenters. The molecule has 1 aromatic carbocycles. The monoisotopic (exact) mass is 272 g/mol. The van der Waals surface area contributed by atoms with Gasteiger partial charge in [0.15, 0.2) is 0 Å². The van der Waals surface area contributed by atoms with Gasteiger partial charge in [0.2, 0.25) is 0 Å². The molecule has 0 saturated heterocycles. The van der Waals surface area contributed by atoms with Crippen molar-refractivity contribution < 1.29 is 0 Å². The highest BCUT2D eigenvalue weighted by atomic mass is 35.5. The molecule has 84 valence electrons. The average molecular weight is 273 g/mol. The van der Waals surface area contributed by atoms with Gasteiger partial charge in [-0.25, -0.2) is 4.68 Å². The van der Waals surface area contributed by atoms with Crippen molar-refractivity contribution in [3.8, 4) is 5.69 Å². The molecule has 0 radical (unpaired) electrons. The summed E-state index contributed by atoms with van der Waals surface area (Å²) in [5.41, 5.74) is 2.90. The maximum absolute atomic E-state index is 6.12. The Hall–Kier alpha value is -0.640. The van der Waals surface area contributed by atoms with Gasteiger partial charge < -0.3 is 0 Å². The van der Waals surface area contributed by atoms with Crippen LogP contribution in [-0.4, -0.2) is 9.78 Å². The fraction of sp³-hybridized carbons (Fsp3) is 0.182. The minimum absolute atomic E-state index is 0.626. The minimum Gasteiger partial charge on any atom is -0.236 e. The lowest BCUT2D eigenvalue weighted by Gasteiger charge is -2.07. The molecule has 0 bridgehead atoms. The number of rotatable bonds is 2. The number of thiol groups is 1. The molecule has 0 amide bonds. The van der Waals surface area contributed by atoms with Crippen molar-refractivity contribution in [1.29, 1.82) is 0 Å². The Morgan fingerprint density at radius 1 is 1.38 bits per heavy atom. The first-order valence-electron chi connectivity index (χ1n) is 4.73. The van der Waals surface area contributed by atoms with E-state index in [2.05, 4.69) is 17.7 Å². The van der Waals surface area contributed by atoms with E-state index >= 15 is 0 Å². The lowest BCUT2D eigenvalue weighted by atomic mass is 10.2. The lowest BCUT2D eigenvalue weighted by molar-refractivity contribution is 0.846. The van der Waals surface area contributed by atoms with Crippen LogP contribution >= 0.6 is 35.8 Å². The van der Waals surface area contributed by atoms with Gasteiger partial charge >= 0.3 is 0 Å². The number of hydrogen-bond donors (Lipinski definition) is 1. The highest BCUT2D eigenvalue weighted by Crippen LogP contribution is 2.26. The predicted molar refractivity (Wildman–Crippen MR) is 71.0 cm³/mol. The zero-order valence-corrected chi connectivity index (χ0v) is 11.0. The van der Waals surface area contributed by atoms with Crippen molar-refractivity contribution in [2.45, 2.75) is 12.7 Å². The molecule has 0 fully saturated rings. The summed E-state index contributed by atoms with van der Waals surface area (Å²) in [5, 5.41) is 5.55. The summed E-state index contributed by atoms with van der Waals surface area (Å²) in [7, 11) is 0. The maximum Gasteiger partial charge on any atom is 0.0849 e. The molecule has 0 N–H and O–H groups in total. The van der Waals surface area contributed by atoms with E-state index in [-0.39, 0.29) is 0 Å². The second-order valence-electron chi connectivity index (χ2n) is 3.42. The molecule has 2 nitrogen and oxygen atoms in total. The molecular weight excluding hydrogens is 263 g/mol. The Labute approximate surface area is 110 Å². The van der Waals surface area contributed by atoms with Crippen LogP contribution in [0, 0.1) is 6.92 Å². The molecule has 0 saturated carbocycles. The molecule has 1 aromatic heterocycles. The van der Waals surface area contributed by atoms with Crippen LogP contribution in [0.3, 0.4) is 0 Å². The highest BCUT2D eigenvalue weighted by Gasteiger charge is 2.10. The van der Waals surface area contributed by atoms with Crippen LogP contribution in [0.4, 0.5) is 0 Å². The number of halogens is 2. The smallest absolute Gasteiger partial charge is 0.0849 e. The van der Waals surface area contributed by atoms with E-state index < -0.39 is 0 Å². The molecule has 0 aliphatic rings. The zero-order chi connectivity index (χ0) is 11.7. The largest absolute Gasteiger partial charge is 0.236 e. The number of benzene rings is 1. The summed E-state index contributed by atoms with van der Waals surface area (Å²) in [6, 6.07) is 5.32. The van der Waals surface area contributed by atoms with Gasteiger partial charge in [0.1, 0.15) is 0 Å². The summed E-state index contributed by atoms with van der Waals surface area (Å²) >= 11 is 16.3. The second-order valence-corrected chi connectivity index (χ2v) is 4.58. The summed E-state index contributed by atoms with van der Waals surface area (Å²) in [6.07, 6.45) is 1.79. The molecule has 16 heavy (non-hydrogen) atoms. The summed E-state index contributed by atoms with van der Waals surface area (Å²) in [6.45, 7) is 1.98. The molecule has 1 heterocycles. The number of aromatic nitrogens is 2. The van der Waals surface area contributed by atoms with E-state index in [1.54, 1.807) is 29.1 Å². The zero-order valence-electron chi connectivity index (χ0n) is 8.61. The summed E-state index contributed by atoms with van der Waals surface area (Å²) in [5.74, 6) is 0.657. The van der Waals surface area contributed by atoms with Gasteiger partial charge in [-0.1, -0.05) is 23.2 Å². The molecule has 5 heteroatoms. The average Bonchev–Trinajstić information content (AvgIpc) is 2.63. The molecule has 0 aliphatic heterocycles. The quantitative estimate of drug-likeness (QED) is 0.821. The molecular formula is C11H10Cl2N2S. The first-order chi connectivity index (χ1) is 7.63. The standard InChI is InChI=1S/C11H10Cl2N2S/c1-7-8(6-16)5-14-15(7)11-4-9(12)2-3-10(11)13/h2-5,16H,6H2,1H3. The molecule has 0 unspecified atom stereocenters. The van der Waals surface area contributed by atoms with E-state index in [9.17, 15) is 0 Å². The third-order valence-corrected chi connectivity index (χ3v) is 3.31. The SMILES string of the molecule is Cc1c(CS)cnn1-c1cc(Cl)ccc1Cl. The van der Waals surface area contributed by atoms with Crippen molar-refractivity contribution in [3.05, 3.63) is 45.7 Å². The molecule has 0 spiro atoms. The minimum atomic E-state index is 0.626. The fourth-order valence-corrected chi connectivity index (χ4v) is 2.16. The summed E-state index contributed by atoms with van der Waals surface area (Å²) < 4.78 is 1.78. The van der Waals surface area contributed by atoms with Gasteiger partial charge in [-0.3, -0.25) is 0 Å². The molecule has 2 rings (SSSR count). The first-order valence-corrected chi connectivity index (χ1v) is 6.12. The number of hydrogen-bond acceptors (Lipinski definition) is 2. The Balaban J connectivity index is 2.58. The Morgan fingerprint density at radius 3 is 2.75 bits per heavy atom. The van der Waals surface area contributed by atoms with Crippen LogP contribution in [0.5, 0.6) is 0 Å². The Kier molecular flexibility index (Phi) is 3.47. The van der Waals surface area contributed by atoms with E-state index in [0.29, 0.717) is 15.8 Å². The van der Waals surface area contributed by atoms with Gasteiger partial charge in [0.25, 0.3) is 0 Å². The van der Waals surface area contributed by atoms with Crippen LogP contribution in [0.2, 0.25) is 10.0 Å². The lowest BCUT2D eigenvalue weighted by Crippen LogP contribution is -2.00. The van der Waals surface area contributed by atoms with Crippen LogP contribution in [-0.2, 0) is 5.75 Å². The van der Waals surface area contributed by atoms with Crippen LogP contribution in [0.1, 0.15) is 11.3 Å². The predicted octanol–water partition coefficient (Wildman–Crippen LogP) is 3.92. The van der Waals surface area contributed by atoms with Gasteiger partial charge in [-0.2, -0.15) is 17.7 Å². The van der Waals surface area contributed by atoms with Crippen LogP contribution in [0.25, 0.3) is 5.69 Å². The third-order valence-electron chi connectivity index (χ3n) is 2.42. The van der Waals surface area contributed by atoms with Gasteiger partial charge in [0, 0.05) is 22.0 Å². The van der Waals surface area contributed by atoms with Crippen molar-refractivity contribution in [1.82, 2.24) is 9.78 Å². The first kappa shape index (κ1) is 11.8. The molecule has 2 aromatic rings. The second kappa shape index (κ2) is 4.70. The van der Waals surface area contributed by atoms with E-state index in [0.717, 1.165) is 16.9 Å². The molecule has 0 aliphatic carbocycles. The van der Waals surface area contributed by atoms with Gasteiger partial charge in [0.05, 0.1) is 16.9 Å². The van der Waals surface area contributed by atoms with Crippen molar-refractivity contribution in [2.24, 2.45) is 0 Å². The van der Waals surface area contributed by atoms with Gasteiger partial charge in [-0.05, 0) is 25.1 Å². The highest BCUT2D eigenvalue weighted by molar-refractivity contribution is 7.79. The van der Waals surface area contributed by atoms with E-state index in [4.69, 9.17) is 23.2 Å². The van der Waals surface area contributed by atoms with E-state index in [1.165, 1.54) is 0 Å². The number of nitrogens with zero attached hydrogens (tertiary/aromatic N) is 2. The van der Waals surface area contributed by atoms with Crippen LogP contribution in [0.15, 0.2) is 24.4 Å². The Morgan fingerprint density at radius 2 is 2.12 bits per heavy atom. The Bertz CT molecular complexity index is 523. The maximum atomic E-state index is 6.12. The van der Waals surface area contributed by atoms with E-state index in [1.807, 2.05) is 6.92 Å². The van der Waals surface area contributed by atoms with Crippen molar-refractivity contribution >= 4 is 35.8 Å². The van der Waals surface area contributed by atoms with Crippen molar-refractivity contribution in [3.63, 3.8) is 0 Å².